The molecule has 1 amide bonds. The molecular weight excluding hydrogens is 300 g/mol. The summed E-state index contributed by atoms with van der Waals surface area (Å²) in [5.74, 6) is -1.78. The van der Waals surface area contributed by atoms with Crippen LogP contribution in [0.4, 0.5) is 0 Å². The summed E-state index contributed by atoms with van der Waals surface area (Å²) in [4.78, 5) is 37.1. The van der Waals surface area contributed by atoms with Gasteiger partial charge in [-0.15, -0.1) is 0 Å². The number of hydrogen-bond donors (Lipinski definition) is 1. The molecule has 3 rings (SSSR count). The fourth-order valence-electron chi connectivity index (χ4n) is 2.78. The number of pyridine rings is 1. The first-order valence-electron chi connectivity index (χ1n) is 6.52. The number of fused-ring (bicyclic) bond motifs is 2. The van der Waals surface area contributed by atoms with Crippen molar-refractivity contribution in [1.82, 2.24) is 9.47 Å². The summed E-state index contributed by atoms with van der Waals surface area (Å²) in [5, 5.41) is 8.68. The third-order valence-corrected chi connectivity index (χ3v) is 4.23. The van der Waals surface area contributed by atoms with Crippen molar-refractivity contribution in [3.8, 4) is 0 Å². The molecule has 3 heterocycles. The first-order valence-corrected chi connectivity index (χ1v) is 6.90. The second kappa shape index (κ2) is 4.85. The number of halogens is 1. The van der Waals surface area contributed by atoms with Crippen molar-refractivity contribution in [2.75, 3.05) is 6.61 Å². The summed E-state index contributed by atoms with van der Waals surface area (Å²) in [5.41, 5.74) is -1.26. The third-order valence-electron chi connectivity index (χ3n) is 3.88. The van der Waals surface area contributed by atoms with E-state index in [0.29, 0.717) is 13.0 Å². The molecule has 0 bridgehead atoms. The minimum atomic E-state index is -1.37. The number of carboxylic acid groups (broad SMARTS) is 1. The van der Waals surface area contributed by atoms with E-state index >= 15 is 0 Å². The zero-order valence-corrected chi connectivity index (χ0v) is 12.0. The number of aromatic nitrogens is 1. The Morgan fingerprint density at radius 2 is 2.19 bits per heavy atom. The zero-order valence-electron chi connectivity index (χ0n) is 11.2. The molecule has 8 heteroatoms. The molecule has 0 spiro atoms. The van der Waals surface area contributed by atoms with Gasteiger partial charge in [-0.05, 0) is 13.3 Å². The highest BCUT2D eigenvalue weighted by Gasteiger charge is 2.40. The van der Waals surface area contributed by atoms with Gasteiger partial charge in [0.15, 0.2) is 6.23 Å². The van der Waals surface area contributed by atoms with Crippen LogP contribution in [0.3, 0.4) is 0 Å². The van der Waals surface area contributed by atoms with Gasteiger partial charge in [0.1, 0.15) is 16.3 Å². The first kappa shape index (κ1) is 14.1. The Balaban J connectivity index is 2.18. The molecule has 1 saturated heterocycles. The van der Waals surface area contributed by atoms with E-state index in [1.807, 2.05) is 6.92 Å². The van der Waals surface area contributed by atoms with Crippen molar-refractivity contribution in [2.45, 2.75) is 32.2 Å². The highest BCUT2D eigenvalue weighted by atomic mass is 35.5. The molecule has 1 aromatic heterocycles. The van der Waals surface area contributed by atoms with E-state index in [-0.39, 0.29) is 23.3 Å². The molecule has 7 nitrogen and oxygen atoms in total. The van der Waals surface area contributed by atoms with Gasteiger partial charge in [-0.2, -0.15) is 0 Å². The molecule has 1 aromatic rings. The molecule has 0 aliphatic carbocycles. The largest absolute Gasteiger partial charge is 0.477 e. The molecule has 2 aliphatic heterocycles. The van der Waals surface area contributed by atoms with Gasteiger partial charge in [0, 0.05) is 12.2 Å². The summed E-state index contributed by atoms with van der Waals surface area (Å²) < 4.78 is 6.96. The van der Waals surface area contributed by atoms with Gasteiger partial charge in [-0.3, -0.25) is 9.59 Å². The van der Waals surface area contributed by atoms with Crippen molar-refractivity contribution < 1.29 is 19.4 Å². The van der Waals surface area contributed by atoms with E-state index in [9.17, 15) is 14.4 Å². The highest BCUT2D eigenvalue weighted by Crippen LogP contribution is 2.28. The second-order valence-electron chi connectivity index (χ2n) is 5.17. The number of amides is 1. The Morgan fingerprint density at radius 1 is 1.48 bits per heavy atom. The van der Waals surface area contributed by atoms with Gasteiger partial charge in [0.05, 0.1) is 13.2 Å². The molecule has 21 heavy (non-hydrogen) atoms. The van der Waals surface area contributed by atoms with Crippen molar-refractivity contribution in [3.05, 3.63) is 32.7 Å². The van der Waals surface area contributed by atoms with Crippen LogP contribution in [0.2, 0.25) is 5.02 Å². The monoisotopic (exact) mass is 312 g/mol. The number of carboxylic acids is 1. The minimum absolute atomic E-state index is 0.0182. The summed E-state index contributed by atoms with van der Waals surface area (Å²) >= 11 is 5.95. The smallest absolute Gasteiger partial charge is 0.341 e. The topological polar surface area (TPSA) is 88.8 Å². The number of nitrogens with zero attached hydrogens (tertiary/aromatic N) is 2. The average molecular weight is 313 g/mol. The van der Waals surface area contributed by atoms with Crippen LogP contribution in [0, 0.1) is 0 Å². The van der Waals surface area contributed by atoms with Crippen LogP contribution in [-0.2, 0) is 11.3 Å². The lowest BCUT2D eigenvalue weighted by Gasteiger charge is -2.44. The van der Waals surface area contributed by atoms with E-state index < -0.39 is 29.1 Å². The molecular formula is C13H13ClN2O5. The highest BCUT2D eigenvalue weighted by molar-refractivity contribution is 6.33. The number of aromatic carboxylic acids is 1. The maximum absolute atomic E-state index is 12.6. The van der Waals surface area contributed by atoms with Gasteiger partial charge >= 0.3 is 5.97 Å². The van der Waals surface area contributed by atoms with Crippen molar-refractivity contribution in [3.63, 3.8) is 0 Å². The van der Waals surface area contributed by atoms with Crippen LogP contribution in [0.1, 0.15) is 34.2 Å². The van der Waals surface area contributed by atoms with Crippen LogP contribution in [-0.4, -0.2) is 45.3 Å². The molecule has 112 valence electrons. The molecule has 0 unspecified atom stereocenters. The standard InChI is InChI=1S/C13H13ClN2O5/c1-6-2-3-21-8-5-15-4-7(13(19)20)11(17)9(14)10(15)12(18)16(6)8/h4,6,8H,2-3,5H2,1H3,(H,19,20)/t6-,8+/m1/s1. The Hall–Kier alpha value is -1.86. The fourth-order valence-corrected chi connectivity index (χ4v) is 3.08. The van der Waals surface area contributed by atoms with Gasteiger partial charge in [-0.25, -0.2) is 4.79 Å². The summed E-state index contributed by atoms with van der Waals surface area (Å²) in [6.07, 6.45) is 1.40. The lowest BCUT2D eigenvalue weighted by atomic mass is 10.1. The predicted molar refractivity (Wildman–Crippen MR) is 72.7 cm³/mol. The molecule has 1 fully saturated rings. The summed E-state index contributed by atoms with van der Waals surface area (Å²) in [7, 11) is 0. The third kappa shape index (κ3) is 2.04. The van der Waals surface area contributed by atoms with E-state index in [1.165, 1.54) is 4.57 Å². The second-order valence-corrected chi connectivity index (χ2v) is 5.55. The number of rotatable bonds is 1. The average Bonchev–Trinajstić information content (AvgIpc) is 2.42. The SMILES string of the molecule is C[C@@H]1CCO[C@H]2Cn3cc(C(=O)O)c(=O)c(Cl)c3C(=O)N12. The Labute approximate surface area is 124 Å². The molecule has 1 N–H and O–H groups in total. The van der Waals surface area contributed by atoms with Crippen LogP contribution >= 0.6 is 11.6 Å². The normalized spacial score (nSPS) is 24.5. The van der Waals surface area contributed by atoms with Crippen LogP contribution in [0.5, 0.6) is 0 Å². The maximum atomic E-state index is 12.6. The summed E-state index contributed by atoms with van der Waals surface area (Å²) in [6, 6.07) is -0.0182. The quantitative estimate of drug-likeness (QED) is 0.828. The van der Waals surface area contributed by atoms with Gasteiger partial charge in [0.25, 0.3) is 5.91 Å². The van der Waals surface area contributed by atoms with Crippen molar-refractivity contribution in [2.24, 2.45) is 0 Å². The number of carbonyl (C=O) groups is 2. The van der Waals surface area contributed by atoms with Gasteiger partial charge in [0.2, 0.25) is 5.43 Å². The Bertz CT molecular complexity index is 699. The Morgan fingerprint density at radius 3 is 2.86 bits per heavy atom. The molecule has 2 atom stereocenters. The fraction of sp³-hybridized carbons (Fsp3) is 0.462. The minimum Gasteiger partial charge on any atom is -0.477 e. The first-order chi connectivity index (χ1) is 9.91. The van der Waals surface area contributed by atoms with E-state index in [1.54, 1.807) is 4.90 Å². The number of ether oxygens (including phenoxy) is 1. The van der Waals surface area contributed by atoms with Crippen molar-refractivity contribution in [1.29, 1.82) is 0 Å². The van der Waals surface area contributed by atoms with Gasteiger partial charge in [-0.1, -0.05) is 11.6 Å². The maximum Gasteiger partial charge on any atom is 0.341 e. The number of carbonyl (C=O) groups excluding carboxylic acids is 1. The lowest BCUT2D eigenvalue weighted by Crippen LogP contribution is -2.57. The van der Waals surface area contributed by atoms with Gasteiger partial charge < -0.3 is 19.3 Å². The van der Waals surface area contributed by atoms with E-state index in [4.69, 9.17) is 21.4 Å². The lowest BCUT2D eigenvalue weighted by molar-refractivity contribution is -0.112. The number of hydrogen-bond acceptors (Lipinski definition) is 4. The Kier molecular flexibility index (Phi) is 3.26. The molecule has 2 aliphatic rings. The van der Waals surface area contributed by atoms with Crippen LogP contribution in [0.15, 0.2) is 11.0 Å². The summed E-state index contributed by atoms with van der Waals surface area (Å²) in [6.45, 7) is 2.69. The van der Waals surface area contributed by atoms with E-state index in [2.05, 4.69) is 0 Å². The van der Waals surface area contributed by atoms with Crippen molar-refractivity contribution >= 4 is 23.5 Å². The molecule has 0 aromatic carbocycles. The molecule has 0 saturated carbocycles. The molecule has 0 radical (unpaired) electrons. The predicted octanol–water partition coefficient (Wildman–Crippen LogP) is 0.791. The zero-order chi connectivity index (χ0) is 15.3. The van der Waals surface area contributed by atoms with Crippen LogP contribution < -0.4 is 5.43 Å². The van der Waals surface area contributed by atoms with E-state index in [0.717, 1.165) is 6.20 Å². The van der Waals surface area contributed by atoms with Crippen LogP contribution in [0.25, 0.3) is 0 Å².